The second kappa shape index (κ2) is 8.65. The lowest BCUT2D eigenvalue weighted by atomic mass is 9.96. The van der Waals surface area contributed by atoms with Gasteiger partial charge in [-0.2, -0.15) is 5.10 Å². The van der Waals surface area contributed by atoms with E-state index in [1.165, 1.54) is 10.2 Å². The van der Waals surface area contributed by atoms with E-state index in [1.807, 2.05) is 38.1 Å². The SMILES string of the molecule is Cc1ccc(NC(=O)CC2CCc3nn(Cc4cccnc4)c(=O)n3CC2)c(C)c1. The number of nitrogens with one attached hydrogen (secondary N) is 1. The van der Waals surface area contributed by atoms with E-state index in [9.17, 15) is 9.59 Å². The van der Waals surface area contributed by atoms with Gasteiger partial charge in [0.25, 0.3) is 0 Å². The van der Waals surface area contributed by atoms with Crippen molar-refractivity contribution in [1.29, 1.82) is 0 Å². The van der Waals surface area contributed by atoms with Gasteiger partial charge in [-0.25, -0.2) is 9.48 Å². The average molecular weight is 406 g/mol. The van der Waals surface area contributed by atoms with Crippen molar-refractivity contribution in [3.8, 4) is 0 Å². The van der Waals surface area contributed by atoms with Crippen LogP contribution in [0.25, 0.3) is 0 Å². The van der Waals surface area contributed by atoms with Crippen LogP contribution >= 0.6 is 0 Å². The van der Waals surface area contributed by atoms with Crippen LogP contribution in [-0.4, -0.2) is 25.2 Å². The molecule has 7 heteroatoms. The largest absolute Gasteiger partial charge is 0.346 e. The number of fused-ring (bicyclic) bond motifs is 1. The van der Waals surface area contributed by atoms with E-state index in [2.05, 4.69) is 21.5 Å². The van der Waals surface area contributed by atoms with E-state index in [4.69, 9.17) is 0 Å². The molecular weight excluding hydrogens is 378 g/mol. The van der Waals surface area contributed by atoms with Gasteiger partial charge in [0.2, 0.25) is 5.91 Å². The number of benzene rings is 1. The number of carbonyl (C=O) groups excluding carboxylic acids is 1. The lowest BCUT2D eigenvalue weighted by Gasteiger charge is -2.15. The Morgan fingerprint density at radius 3 is 2.87 bits per heavy atom. The van der Waals surface area contributed by atoms with Gasteiger partial charge in [0, 0.05) is 37.5 Å². The van der Waals surface area contributed by atoms with Crippen LogP contribution < -0.4 is 11.0 Å². The molecule has 1 atom stereocenters. The van der Waals surface area contributed by atoms with Crippen molar-refractivity contribution in [2.24, 2.45) is 5.92 Å². The predicted octanol–water partition coefficient (Wildman–Crippen LogP) is 3.09. The molecule has 0 saturated carbocycles. The third-order valence-corrected chi connectivity index (χ3v) is 5.72. The van der Waals surface area contributed by atoms with Crippen molar-refractivity contribution < 1.29 is 4.79 Å². The quantitative estimate of drug-likeness (QED) is 0.707. The minimum atomic E-state index is -0.0887. The van der Waals surface area contributed by atoms with Crippen LogP contribution in [0.4, 0.5) is 5.69 Å². The zero-order valence-corrected chi connectivity index (χ0v) is 17.5. The molecule has 0 spiro atoms. The number of pyridine rings is 1. The van der Waals surface area contributed by atoms with Gasteiger partial charge in [0.15, 0.2) is 0 Å². The van der Waals surface area contributed by atoms with Crippen molar-refractivity contribution in [3.63, 3.8) is 0 Å². The number of carbonyl (C=O) groups is 1. The fourth-order valence-electron chi connectivity index (χ4n) is 4.07. The highest BCUT2D eigenvalue weighted by Crippen LogP contribution is 2.23. The Hall–Kier alpha value is -3.22. The number of aryl methyl sites for hydroxylation is 3. The molecule has 1 aliphatic heterocycles. The van der Waals surface area contributed by atoms with E-state index in [1.54, 1.807) is 17.0 Å². The molecule has 0 radical (unpaired) electrons. The molecule has 3 heterocycles. The van der Waals surface area contributed by atoms with Crippen LogP contribution in [0, 0.1) is 19.8 Å². The normalized spacial score (nSPS) is 16.0. The summed E-state index contributed by atoms with van der Waals surface area (Å²) in [5.41, 5.74) is 3.98. The Morgan fingerprint density at radius 1 is 1.23 bits per heavy atom. The smallest absolute Gasteiger partial charge is 0.326 e. The van der Waals surface area contributed by atoms with Crippen molar-refractivity contribution >= 4 is 11.6 Å². The number of amides is 1. The summed E-state index contributed by atoms with van der Waals surface area (Å²) in [7, 11) is 0. The lowest BCUT2D eigenvalue weighted by Crippen LogP contribution is -2.26. The number of nitrogens with zero attached hydrogens (tertiary/aromatic N) is 4. The maximum atomic E-state index is 12.8. The molecule has 0 bridgehead atoms. The topological polar surface area (TPSA) is 81.8 Å². The van der Waals surface area contributed by atoms with Crippen LogP contribution in [0.2, 0.25) is 0 Å². The zero-order valence-electron chi connectivity index (χ0n) is 17.5. The molecule has 2 aromatic heterocycles. The molecule has 0 fully saturated rings. The average Bonchev–Trinajstić information content (AvgIpc) is 2.88. The molecule has 1 unspecified atom stereocenters. The Labute approximate surface area is 175 Å². The van der Waals surface area contributed by atoms with Crippen molar-refractivity contribution in [1.82, 2.24) is 19.3 Å². The van der Waals surface area contributed by atoms with Gasteiger partial charge in [0.1, 0.15) is 5.82 Å². The highest BCUT2D eigenvalue weighted by Gasteiger charge is 2.23. The third kappa shape index (κ3) is 4.50. The second-order valence-electron chi connectivity index (χ2n) is 8.13. The number of aromatic nitrogens is 4. The first-order chi connectivity index (χ1) is 14.5. The van der Waals surface area contributed by atoms with Crippen LogP contribution in [0.5, 0.6) is 0 Å². The molecule has 1 aromatic carbocycles. The first-order valence-corrected chi connectivity index (χ1v) is 10.4. The van der Waals surface area contributed by atoms with Crippen molar-refractivity contribution in [2.75, 3.05) is 5.32 Å². The Balaban J connectivity index is 1.37. The molecule has 7 nitrogen and oxygen atoms in total. The van der Waals surface area contributed by atoms with Gasteiger partial charge in [-0.05, 0) is 55.9 Å². The summed E-state index contributed by atoms with van der Waals surface area (Å²) in [5, 5.41) is 7.58. The maximum Gasteiger partial charge on any atom is 0.346 e. The predicted molar refractivity (Wildman–Crippen MR) is 115 cm³/mol. The molecule has 0 saturated heterocycles. The van der Waals surface area contributed by atoms with Crippen LogP contribution in [-0.2, 0) is 24.3 Å². The van der Waals surface area contributed by atoms with Crippen molar-refractivity contribution in [3.05, 3.63) is 75.7 Å². The molecule has 30 heavy (non-hydrogen) atoms. The van der Waals surface area contributed by atoms with Crippen LogP contribution in [0.1, 0.15) is 41.8 Å². The van der Waals surface area contributed by atoms with Gasteiger partial charge in [-0.3, -0.25) is 14.3 Å². The third-order valence-electron chi connectivity index (χ3n) is 5.72. The molecule has 1 amide bonds. The Bertz CT molecular complexity index is 1100. The van der Waals surface area contributed by atoms with E-state index in [-0.39, 0.29) is 17.5 Å². The molecule has 4 rings (SSSR count). The van der Waals surface area contributed by atoms with Gasteiger partial charge >= 0.3 is 5.69 Å². The summed E-state index contributed by atoms with van der Waals surface area (Å²) in [6.07, 6.45) is 6.28. The van der Waals surface area contributed by atoms with Gasteiger partial charge in [0.05, 0.1) is 6.54 Å². The minimum absolute atomic E-state index is 0.0282. The van der Waals surface area contributed by atoms with Gasteiger partial charge in [-0.15, -0.1) is 0 Å². The molecule has 1 N–H and O–H groups in total. The first-order valence-electron chi connectivity index (χ1n) is 10.4. The standard InChI is InChI=1S/C23H27N5O2/c1-16-5-7-20(17(2)12-16)25-22(29)13-18-6-8-21-26-28(23(30)27(21)11-9-18)15-19-4-3-10-24-14-19/h3-5,7,10,12,14,18H,6,8-9,11,13,15H2,1-2H3,(H,25,29). The fourth-order valence-corrected chi connectivity index (χ4v) is 4.07. The Kier molecular flexibility index (Phi) is 5.79. The molecule has 0 aliphatic carbocycles. The first kappa shape index (κ1) is 20.1. The molecule has 1 aliphatic rings. The maximum absolute atomic E-state index is 12.8. The van der Waals surface area contributed by atoms with Gasteiger partial charge < -0.3 is 5.32 Å². The van der Waals surface area contributed by atoms with E-state index < -0.39 is 0 Å². The summed E-state index contributed by atoms with van der Waals surface area (Å²) >= 11 is 0. The highest BCUT2D eigenvalue weighted by molar-refractivity contribution is 5.91. The molecule has 3 aromatic rings. The monoisotopic (exact) mass is 405 g/mol. The van der Waals surface area contributed by atoms with Crippen LogP contribution in [0.15, 0.2) is 47.5 Å². The summed E-state index contributed by atoms with van der Waals surface area (Å²) in [6.45, 7) is 5.07. The summed E-state index contributed by atoms with van der Waals surface area (Å²) < 4.78 is 3.28. The summed E-state index contributed by atoms with van der Waals surface area (Å²) in [5.74, 6) is 1.07. The van der Waals surface area contributed by atoms with Gasteiger partial charge in [-0.1, -0.05) is 23.8 Å². The fraction of sp³-hybridized carbons (Fsp3) is 0.391. The van der Waals surface area contributed by atoms with Crippen molar-refractivity contribution in [2.45, 2.75) is 52.6 Å². The van der Waals surface area contributed by atoms with E-state index >= 15 is 0 Å². The zero-order chi connectivity index (χ0) is 21.1. The highest BCUT2D eigenvalue weighted by atomic mass is 16.2. The number of anilines is 1. The summed E-state index contributed by atoms with van der Waals surface area (Å²) in [4.78, 5) is 29.4. The number of hydrogen-bond donors (Lipinski definition) is 1. The summed E-state index contributed by atoms with van der Waals surface area (Å²) in [6, 6.07) is 9.82. The minimum Gasteiger partial charge on any atom is -0.326 e. The Morgan fingerprint density at radius 2 is 2.10 bits per heavy atom. The van der Waals surface area contributed by atoms with E-state index in [0.29, 0.717) is 25.9 Å². The second-order valence-corrected chi connectivity index (χ2v) is 8.13. The lowest BCUT2D eigenvalue weighted by molar-refractivity contribution is -0.117. The molecular formula is C23H27N5O2. The number of hydrogen-bond acceptors (Lipinski definition) is 4. The molecule has 156 valence electrons. The number of rotatable bonds is 5. The van der Waals surface area contributed by atoms with E-state index in [0.717, 1.165) is 35.5 Å². The van der Waals surface area contributed by atoms with Crippen LogP contribution in [0.3, 0.4) is 0 Å².